The number of ether oxygens (including phenoxy) is 1. The van der Waals surface area contributed by atoms with E-state index in [4.69, 9.17) is 4.74 Å². The van der Waals surface area contributed by atoms with E-state index in [1.165, 1.54) is 19.2 Å². The van der Waals surface area contributed by atoms with Gasteiger partial charge in [-0.3, -0.25) is 9.59 Å². The Labute approximate surface area is 104 Å². The van der Waals surface area contributed by atoms with E-state index in [1.807, 2.05) is 0 Å². The third-order valence-corrected chi connectivity index (χ3v) is 2.20. The zero-order chi connectivity index (χ0) is 13.5. The Morgan fingerprint density at radius 3 is 2.61 bits per heavy atom. The molecule has 0 radical (unpaired) electrons. The van der Waals surface area contributed by atoms with Crippen molar-refractivity contribution in [1.29, 1.82) is 0 Å². The molecule has 0 fully saturated rings. The fourth-order valence-corrected chi connectivity index (χ4v) is 1.32. The van der Waals surface area contributed by atoms with Gasteiger partial charge < -0.3 is 15.4 Å². The van der Waals surface area contributed by atoms with Gasteiger partial charge in [-0.15, -0.1) is 0 Å². The molecule has 98 valence electrons. The van der Waals surface area contributed by atoms with Crippen molar-refractivity contribution < 1.29 is 18.7 Å². The zero-order valence-electron chi connectivity index (χ0n) is 10.2. The highest BCUT2D eigenvalue weighted by Gasteiger charge is 2.13. The molecule has 0 unspecified atom stereocenters. The summed E-state index contributed by atoms with van der Waals surface area (Å²) < 4.78 is 18.3. The number of halogens is 1. The molecule has 0 atom stereocenters. The summed E-state index contributed by atoms with van der Waals surface area (Å²) in [6.45, 7) is 2.06. The van der Waals surface area contributed by atoms with E-state index in [-0.39, 0.29) is 18.0 Å². The molecule has 0 aromatic heterocycles. The fourth-order valence-electron chi connectivity index (χ4n) is 1.32. The molecular formula is C12H15FN2O3. The average Bonchev–Trinajstić information content (AvgIpc) is 2.36. The van der Waals surface area contributed by atoms with Crippen LogP contribution in [0.4, 0.5) is 4.39 Å². The van der Waals surface area contributed by atoms with Crippen molar-refractivity contribution in [3.8, 4) is 5.75 Å². The minimum absolute atomic E-state index is 0.125. The summed E-state index contributed by atoms with van der Waals surface area (Å²) in [5.74, 6) is -1.32. The Balaban J connectivity index is 2.64. The number of carbonyl (C=O) groups is 2. The maximum absolute atomic E-state index is 13.5. The molecule has 0 aliphatic carbocycles. The predicted octanol–water partition coefficient (Wildman–Crippen LogP) is 0.700. The van der Waals surface area contributed by atoms with Gasteiger partial charge in [0.2, 0.25) is 5.91 Å². The van der Waals surface area contributed by atoms with Gasteiger partial charge in [0.1, 0.15) is 11.6 Å². The SMILES string of the molecule is CCNC(=O)CNC(=O)c1ccc(OC)cc1F. The van der Waals surface area contributed by atoms with Gasteiger partial charge in [-0.05, 0) is 19.1 Å². The van der Waals surface area contributed by atoms with Crippen LogP contribution in [0.5, 0.6) is 5.75 Å². The quantitative estimate of drug-likeness (QED) is 0.812. The van der Waals surface area contributed by atoms with E-state index >= 15 is 0 Å². The lowest BCUT2D eigenvalue weighted by atomic mass is 10.2. The summed E-state index contributed by atoms with van der Waals surface area (Å²) in [6.07, 6.45) is 0. The number of hydrogen-bond donors (Lipinski definition) is 2. The largest absolute Gasteiger partial charge is 0.497 e. The number of amides is 2. The summed E-state index contributed by atoms with van der Waals surface area (Å²) in [5.41, 5.74) is -0.125. The third kappa shape index (κ3) is 3.73. The summed E-state index contributed by atoms with van der Waals surface area (Å²) in [7, 11) is 1.41. The Hall–Kier alpha value is -2.11. The van der Waals surface area contributed by atoms with Crippen molar-refractivity contribution in [3.05, 3.63) is 29.6 Å². The molecule has 1 rings (SSSR count). The smallest absolute Gasteiger partial charge is 0.254 e. The predicted molar refractivity (Wildman–Crippen MR) is 64.0 cm³/mol. The minimum Gasteiger partial charge on any atom is -0.497 e. The molecule has 0 bridgehead atoms. The van der Waals surface area contributed by atoms with Crippen LogP contribution in [0, 0.1) is 5.82 Å². The van der Waals surface area contributed by atoms with Crippen molar-refractivity contribution in [2.75, 3.05) is 20.2 Å². The van der Waals surface area contributed by atoms with Gasteiger partial charge in [-0.25, -0.2) is 4.39 Å². The van der Waals surface area contributed by atoms with E-state index in [0.29, 0.717) is 12.3 Å². The summed E-state index contributed by atoms with van der Waals surface area (Å²) in [5, 5.41) is 4.85. The summed E-state index contributed by atoms with van der Waals surface area (Å²) in [6, 6.07) is 3.90. The van der Waals surface area contributed by atoms with Crippen molar-refractivity contribution in [1.82, 2.24) is 10.6 Å². The lowest BCUT2D eigenvalue weighted by Gasteiger charge is -2.07. The molecule has 0 aliphatic rings. The number of benzene rings is 1. The van der Waals surface area contributed by atoms with E-state index < -0.39 is 11.7 Å². The lowest BCUT2D eigenvalue weighted by Crippen LogP contribution is -2.37. The first kappa shape index (κ1) is 14.0. The van der Waals surface area contributed by atoms with E-state index in [2.05, 4.69) is 10.6 Å². The Kier molecular flexibility index (Phi) is 5.10. The molecule has 0 heterocycles. The second-order valence-electron chi connectivity index (χ2n) is 3.48. The van der Waals surface area contributed by atoms with Crippen LogP contribution in [0.1, 0.15) is 17.3 Å². The number of hydrogen-bond acceptors (Lipinski definition) is 3. The van der Waals surface area contributed by atoms with Gasteiger partial charge in [0, 0.05) is 12.6 Å². The van der Waals surface area contributed by atoms with Gasteiger partial charge >= 0.3 is 0 Å². The van der Waals surface area contributed by atoms with E-state index in [1.54, 1.807) is 6.92 Å². The number of likely N-dealkylation sites (N-methyl/N-ethyl adjacent to an activating group) is 1. The summed E-state index contributed by atoms with van der Waals surface area (Å²) in [4.78, 5) is 22.7. The zero-order valence-corrected chi connectivity index (χ0v) is 10.2. The first-order chi connectivity index (χ1) is 8.58. The molecule has 2 N–H and O–H groups in total. The highest BCUT2D eigenvalue weighted by Crippen LogP contribution is 2.15. The molecule has 0 spiro atoms. The van der Waals surface area contributed by atoms with E-state index in [0.717, 1.165) is 6.07 Å². The number of rotatable bonds is 5. The highest BCUT2D eigenvalue weighted by atomic mass is 19.1. The first-order valence-electron chi connectivity index (χ1n) is 5.47. The highest BCUT2D eigenvalue weighted by molar-refractivity contribution is 5.96. The summed E-state index contributed by atoms with van der Waals surface area (Å²) >= 11 is 0. The maximum Gasteiger partial charge on any atom is 0.254 e. The Morgan fingerprint density at radius 2 is 2.06 bits per heavy atom. The van der Waals surface area contributed by atoms with Crippen LogP contribution in [0.15, 0.2) is 18.2 Å². The van der Waals surface area contributed by atoms with Gasteiger partial charge in [-0.1, -0.05) is 0 Å². The molecule has 1 aromatic rings. The van der Waals surface area contributed by atoms with Crippen LogP contribution in [-0.2, 0) is 4.79 Å². The first-order valence-corrected chi connectivity index (χ1v) is 5.47. The molecule has 5 nitrogen and oxygen atoms in total. The van der Waals surface area contributed by atoms with Crippen LogP contribution >= 0.6 is 0 Å². The van der Waals surface area contributed by atoms with Crippen LogP contribution in [0.25, 0.3) is 0 Å². The van der Waals surface area contributed by atoms with Crippen molar-refractivity contribution >= 4 is 11.8 Å². The molecule has 2 amide bonds. The second kappa shape index (κ2) is 6.58. The van der Waals surface area contributed by atoms with Crippen LogP contribution in [-0.4, -0.2) is 32.0 Å². The van der Waals surface area contributed by atoms with Crippen molar-refractivity contribution in [2.24, 2.45) is 0 Å². The monoisotopic (exact) mass is 254 g/mol. The van der Waals surface area contributed by atoms with Crippen molar-refractivity contribution in [2.45, 2.75) is 6.92 Å². The molecule has 6 heteroatoms. The van der Waals surface area contributed by atoms with Crippen LogP contribution in [0.3, 0.4) is 0 Å². The average molecular weight is 254 g/mol. The van der Waals surface area contributed by atoms with Crippen LogP contribution < -0.4 is 15.4 Å². The molecule has 0 aliphatic heterocycles. The van der Waals surface area contributed by atoms with Gasteiger partial charge in [0.15, 0.2) is 0 Å². The minimum atomic E-state index is -0.692. The molecule has 1 aromatic carbocycles. The fraction of sp³-hybridized carbons (Fsp3) is 0.333. The molecule has 18 heavy (non-hydrogen) atoms. The third-order valence-electron chi connectivity index (χ3n) is 2.20. The molecule has 0 saturated heterocycles. The number of nitrogens with one attached hydrogen (secondary N) is 2. The topological polar surface area (TPSA) is 67.4 Å². The Bertz CT molecular complexity index is 449. The van der Waals surface area contributed by atoms with E-state index in [9.17, 15) is 14.0 Å². The van der Waals surface area contributed by atoms with Gasteiger partial charge in [0.25, 0.3) is 5.91 Å². The number of methoxy groups -OCH3 is 1. The van der Waals surface area contributed by atoms with Crippen LogP contribution in [0.2, 0.25) is 0 Å². The molecular weight excluding hydrogens is 239 g/mol. The lowest BCUT2D eigenvalue weighted by molar-refractivity contribution is -0.120. The van der Waals surface area contributed by atoms with Crippen molar-refractivity contribution in [3.63, 3.8) is 0 Å². The standard InChI is InChI=1S/C12H15FN2O3/c1-3-14-11(16)7-15-12(17)9-5-4-8(18-2)6-10(9)13/h4-6H,3,7H2,1-2H3,(H,14,16)(H,15,17). The van der Waals surface area contributed by atoms with Gasteiger partial charge in [-0.2, -0.15) is 0 Å². The Morgan fingerprint density at radius 1 is 1.33 bits per heavy atom. The van der Waals surface area contributed by atoms with Gasteiger partial charge in [0.05, 0.1) is 19.2 Å². The normalized spacial score (nSPS) is 9.72. The number of carbonyl (C=O) groups excluding carboxylic acids is 2. The maximum atomic E-state index is 13.5. The molecule has 0 saturated carbocycles. The second-order valence-corrected chi connectivity index (χ2v) is 3.48.